The Morgan fingerprint density at radius 2 is 1.92 bits per heavy atom. The van der Waals surface area contributed by atoms with Crippen LogP contribution in [0.2, 0.25) is 0 Å². The first-order chi connectivity index (χ1) is 6.00. The Hall–Kier alpha value is -0.640. The highest BCUT2D eigenvalue weighted by molar-refractivity contribution is 7.54. The number of ether oxygens (including phenoxy) is 1. The van der Waals surface area contributed by atoms with Crippen molar-refractivity contribution >= 4 is 13.6 Å². The van der Waals surface area contributed by atoms with E-state index in [9.17, 15) is 9.36 Å². The fourth-order valence-electron chi connectivity index (χ4n) is 0.694. The Balaban J connectivity index is 4.63. The molecular weight excluding hydrogens is 195 g/mol. The molecule has 0 bridgehead atoms. The van der Waals surface area contributed by atoms with Gasteiger partial charge in [-0.1, -0.05) is 6.58 Å². The van der Waals surface area contributed by atoms with Gasteiger partial charge in [0.2, 0.25) is 5.85 Å². The minimum atomic E-state index is -3.41. The lowest BCUT2D eigenvalue weighted by Crippen LogP contribution is -2.15. The first-order valence-corrected chi connectivity index (χ1v) is 5.12. The molecule has 13 heavy (non-hydrogen) atoms. The van der Waals surface area contributed by atoms with Crippen LogP contribution in [0.25, 0.3) is 0 Å². The van der Waals surface area contributed by atoms with Crippen molar-refractivity contribution in [2.75, 3.05) is 14.2 Å². The van der Waals surface area contributed by atoms with Crippen LogP contribution in [-0.2, 0) is 23.1 Å². The van der Waals surface area contributed by atoms with Crippen molar-refractivity contribution in [3.8, 4) is 0 Å². The average Bonchev–Trinajstić information content (AvgIpc) is 2.12. The number of carbonyl (C=O) groups is 1. The molecule has 0 aliphatic carbocycles. The number of hydrogen-bond acceptors (Lipinski definition) is 5. The Bertz CT molecular complexity index is 229. The zero-order chi connectivity index (χ0) is 10.5. The van der Waals surface area contributed by atoms with Gasteiger partial charge in [-0.15, -0.1) is 0 Å². The first-order valence-electron chi connectivity index (χ1n) is 3.51. The summed E-state index contributed by atoms with van der Waals surface area (Å²) < 4.78 is 25.6. The zero-order valence-corrected chi connectivity index (χ0v) is 8.74. The molecule has 0 aromatic heterocycles. The summed E-state index contributed by atoms with van der Waals surface area (Å²) in [7, 11) is -0.981. The van der Waals surface area contributed by atoms with Crippen molar-refractivity contribution in [3.05, 3.63) is 12.7 Å². The number of carbonyl (C=O) groups excluding carboxylic acids is 1. The van der Waals surface area contributed by atoms with Crippen LogP contribution in [0, 0.1) is 0 Å². The molecule has 6 heteroatoms. The van der Waals surface area contributed by atoms with E-state index < -0.39 is 19.4 Å². The van der Waals surface area contributed by atoms with Crippen molar-refractivity contribution in [1.82, 2.24) is 0 Å². The van der Waals surface area contributed by atoms with E-state index in [1.54, 1.807) is 0 Å². The lowest BCUT2D eigenvalue weighted by Gasteiger charge is -2.20. The maximum absolute atomic E-state index is 11.6. The second-order valence-corrected chi connectivity index (χ2v) is 4.46. The van der Waals surface area contributed by atoms with E-state index >= 15 is 0 Å². The Morgan fingerprint density at radius 3 is 2.15 bits per heavy atom. The van der Waals surface area contributed by atoms with E-state index in [1.165, 1.54) is 27.2 Å². The van der Waals surface area contributed by atoms with Crippen LogP contribution in [-0.4, -0.2) is 26.0 Å². The lowest BCUT2D eigenvalue weighted by atomic mass is 10.7. The van der Waals surface area contributed by atoms with Crippen LogP contribution in [0.15, 0.2) is 12.7 Å². The highest BCUT2D eigenvalue weighted by Gasteiger charge is 2.34. The maximum atomic E-state index is 11.6. The second-order valence-electron chi connectivity index (χ2n) is 2.14. The van der Waals surface area contributed by atoms with Gasteiger partial charge in [-0.05, 0) is 6.08 Å². The quantitative estimate of drug-likeness (QED) is 0.389. The molecule has 0 fully saturated rings. The minimum Gasteiger partial charge on any atom is -0.445 e. The lowest BCUT2D eigenvalue weighted by molar-refractivity contribution is -0.141. The molecule has 0 amide bonds. The first kappa shape index (κ1) is 12.4. The largest absolute Gasteiger partial charge is 0.445 e. The molecule has 0 aromatic rings. The van der Waals surface area contributed by atoms with Crippen molar-refractivity contribution < 1.29 is 23.1 Å². The van der Waals surface area contributed by atoms with Gasteiger partial charge in [-0.2, -0.15) is 0 Å². The number of hydrogen-bond donors (Lipinski definition) is 0. The topological polar surface area (TPSA) is 61.8 Å². The molecule has 0 rings (SSSR count). The van der Waals surface area contributed by atoms with Crippen molar-refractivity contribution in [2.45, 2.75) is 12.8 Å². The van der Waals surface area contributed by atoms with Crippen molar-refractivity contribution in [1.29, 1.82) is 0 Å². The summed E-state index contributed by atoms with van der Waals surface area (Å²) in [6.07, 6.45) is 1.20. The van der Waals surface area contributed by atoms with Gasteiger partial charge in [0.1, 0.15) is 0 Å². The molecule has 0 saturated heterocycles. The van der Waals surface area contributed by atoms with Crippen molar-refractivity contribution in [3.63, 3.8) is 0 Å². The molecule has 0 aromatic carbocycles. The average molecular weight is 208 g/mol. The normalized spacial score (nSPS) is 13.5. The summed E-state index contributed by atoms with van der Waals surface area (Å²) >= 11 is 0. The molecule has 0 aliphatic rings. The molecular formula is C7H13O5P. The summed E-state index contributed by atoms with van der Waals surface area (Å²) in [6, 6.07) is 0. The molecule has 0 heterocycles. The standard InChI is InChI=1S/C7H13O5P/c1-5-7(12-6(2)8)13(9,10-3)11-4/h5,7H,1H2,2-4H3. The Labute approximate surface area is 77.2 Å². The van der Waals surface area contributed by atoms with E-state index in [1.807, 2.05) is 0 Å². The van der Waals surface area contributed by atoms with E-state index in [4.69, 9.17) is 0 Å². The van der Waals surface area contributed by atoms with Gasteiger partial charge in [-0.25, -0.2) is 0 Å². The van der Waals surface area contributed by atoms with Gasteiger partial charge >= 0.3 is 13.6 Å². The van der Waals surface area contributed by atoms with Gasteiger partial charge in [0, 0.05) is 21.1 Å². The monoisotopic (exact) mass is 208 g/mol. The van der Waals surface area contributed by atoms with Gasteiger partial charge in [0.25, 0.3) is 0 Å². The smallest absolute Gasteiger partial charge is 0.374 e. The molecule has 76 valence electrons. The van der Waals surface area contributed by atoms with Crippen LogP contribution in [0.4, 0.5) is 0 Å². The third kappa shape index (κ3) is 3.30. The summed E-state index contributed by atoms with van der Waals surface area (Å²) in [6.45, 7) is 4.57. The van der Waals surface area contributed by atoms with Crippen LogP contribution in [0.1, 0.15) is 6.92 Å². The molecule has 1 unspecified atom stereocenters. The molecule has 0 saturated carbocycles. The maximum Gasteiger partial charge on any atom is 0.374 e. The Kier molecular flexibility index (Phi) is 4.91. The summed E-state index contributed by atoms with van der Waals surface area (Å²) in [5, 5.41) is 0. The fourth-order valence-corrected chi connectivity index (χ4v) is 1.79. The van der Waals surface area contributed by atoms with Crippen molar-refractivity contribution in [2.24, 2.45) is 0 Å². The number of esters is 1. The van der Waals surface area contributed by atoms with Crippen LogP contribution in [0.5, 0.6) is 0 Å². The van der Waals surface area contributed by atoms with Gasteiger partial charge in [0.15, 0.2) is 0 Å². The highest BCUT2D eigenvalue weighted by atomic mass is 31.2. The molecule has 0 spiro atoms. The predicted octanol–water partition coefficient (Wildman–Crippen LogP) is 1.55. The SMILES string of the molecule is C=CC(OC(C)=O)P(=O)(OC)OC. The molecule has 0 N–H and O–H groups in total. The summed E-state index contributed by atoms with van der Waals surface area (Å²) in [5.41, 5.74) is 0. The second kappa shape index (κ2) is 5.17. The van der Waals surface area contributed by atoms with Gasteiger partial charge < -0.3 is 13.8 Å². The predicted molar refractivity (Wildman–Crippen MR) is 47.4 cm³/mol. The van der Waals surface area contributed by atoms with E-state index in [0.29, 0.717) is 0 Å². The fraction of sp³-hybridized carbons (Fsp3) is 0.571. The van der Waals surface area contributed by atoms with Crippen LogP contribution >= 0.6 is 7.60 Å². The molecule has 0 radical (unpaired) electrons. The van der Waals surface area contributed by atoms with E-state index in [2.05, 4.69) is 20.4 Å². The zero-order valence-electron chi connectivity index (χ0n) is 7.85. The highest BCUT2D eigenvalue weighted by Crippen LogP contribution is 2.52. The van der Waals surface area contributed by atoms with Gasteiger partial charge in [-0.3, -0.25) is 9.36 Å². The molecule has 5 nitrogen and oxygen atoms in total. The number of rotatable bonds is 5. The molecule has 0 aliphatic heterocycles. The molecule has 1 atom stereocenters. The third-order valence-electron chi connectivity index (χ3n) is 1.31. The Morgan fingerprint density at radius 1 is 1.46 bits per heavy atom. The van der Waals surface area contributed by atoms with Crippen LogP contribution < -0.4 is 0 Å². The van der Waals surface area contributed by atoms with E-state index in [0.717, 1.165) is 0 Å². The van der Waals surface area contributed by atoms with Gasteiger partial charge in [0.05, 0.1) is 0 Å². The summed E-state index contributed by atoms with van der Waals surface area (Å²) in [5.74, 6) is -1.63. The third-order valence-corrected chi connectivity index (χ3v) is 3.27. The minimum absolute atomic E-state index is 0.570. The van der Waals surface area contributed by atoms with E-state index in [-0.39, 0.29) is 0 Å². The van der Waals surface area contributed by atoms with Crippen LogP contribution in [0.3, 0.4) is 0 Å². The summed E-state index contributed by atoms with van der Waals surface area (Å²) in [4.78, 5) is 10.6.